The normalized spacial score (nSPS) is 19.1. The van der Waals surface area contributed by atoms with E-state index >= 15 is 0 Å². The van der Waals surface area contributed by atoms with Gasteiger partial charge in [0.1, 0.15) is 29.4 Å². The molecule has 1 aliphatic rings. The van der Waals surface area contributed by atoms with Crippen LogP contribution in [0.3, 0.4) is 0 Å². The van der Waals surface area contributed by atoms with Gasteiger partial charge in [0.05, 0.1) is 26.9 Å². The van der Waals surface area contributed by atoms with Crippen LogP contribution in [0.2, 0.25) is 0 Å². The van der Waals surface area contributed by atoms with E-state index in [1.807, 2.05) is 78.9 Å². The third-order valence-corrected chi connectivity index (χ3v) is 7.02. The molecule has 0 aliphatic carbocycles. The molecule has 2 heterocycles. The van der Waals surface area contributed by atoms with Crippen molar-refractivity contribution in [2.75, 3.05) is 20.8 Å². The Morgan fingerprint density at radius 2 is 1.44 bits per heavy atom. The molecule has 0 bridgehead atoms. The van der Waals surface area contributed by atoms with Crippen molar-refractivity contribution in [3.05, 3.63) is 129 Å². The van der Waals surface area contributed by atoms with Crippen molar-refractivity contribution in [2.45, 2.75) is 30.5 Å². The van der Waals surface area contributed by atoms with E-state index in [-0.39, 0.29) is 13.0 Å². The summed E-state index contributed by atoms with van der Waals surface area (Å²) < 4.78 is 24.6. The third-order valence-electron chi connectivity index (χ3n) is 7.02. The van der Waals surface area contributed by atoms with Gasteiger partial charge < -0.3 is 29.0 Å². The van der Waals surface area contributed by atoms with Crippen molar-refractivity contribution in [2.24, 2.45) is 0 Å². The molecule has 5 rings (SSSR count). The van der Waals surface area contributed by atoms with Crippen molar-refractivity contribution in [1.82, 2.24) is 9.55 Å². The van der Waals surface area contributed by atoms with E-state index in [9.17, 15) is 14.7 Å². The predicted molar refractivity (Wildman–Crippen MR) is 144 cm³/mol. The maximum Gasteiger partial charge on any atom is 0.330 e. The van der Waals surface area contributed by atoms with Gasteiger partial charge in [-0.05, 0) is 41.0 Å². The van der Waals surface area contributed by atoms with Crippen LogP contribution in [0, 0.1) is 0 Å². The van der Waals surface area contributed by atoms with E-state index < -0.39 is 35.3 Å². The Labute approximate surface area is 225 Å². The van der Waals surface area contributed by atoms with Crippen molar-refractivity contribution in [1.29, 1.82) is 0 Å². The van der Waals surface area contributed by atoms with Gasteiger partial charge in [0.2, 0.25) is 0 Å². The highest BCUT2D eigenvalue weighted by Gasteiger charge is 2.42. The first kappa shape index (κ1) is 26.4. The number of aromatic amines is 1. The van der Waals surface area contributed by atoms with Crippen molar-refractivity contribution in [3.63, 3.8) is 0 Å². The molecule has 9 nitrogen and oxygen atoms in total. The molecule has 3 atom stereocenters. The molecule has 3 aromatic carbocycles. The van der Waals surface area contributed by atoms with Crippen molar-refractivity contribution >= 4 is 0 Å². The Hall–Kier alpha value is -4.18. The lowest BCUT2D eigenvalue weighted by Crippen LogP contribution is -2.39. The fourth-order valence-electron chi connectivity index (χ4n) is 5.01. The second-order valence-corrected chi connectivity index (χ2v) is 9.24. The summed E-state index contributed by atoms with van der Waals surface area (Å²) in [6, 6.07) is 26.2. The van der Waals surface area contributed by atoms with Gasteiger partial charge in [0.15, 0.2) is 0 Å². The van der Waals surface area contributed by atoms with Crippen molar-refractivity contribution < 1.29 is 24.1 Å². The van der Waals surface area contributed by atoms with Crippen LogP contribution in [0.15, 0.2) is 101 Å². The molecule has 1 aliphatic heterocycles. The maximum atomic E-state index is 12.3. The number of H-pyrrole nitrogens is 1. The minimum Gasteiger partial charge on any atom is -0.497 e. The first-order valence-electron chi connectivity index (χ1n) is 12.6. The number of nitrogens with zero attached hydrogens (tertiary/aromatic N) is 1. The van der Waals surface area contributed by atoms with Gasteiger partial charge >= 0.3 is 5.69 Å². The van der Waals surface area contributed by atoms with Crippen LogP contribution in [0.1, 0.15) is 29.3 Å². The summed E-state index contributed by atoms with van der Waals surface area (Å²) in [4.78, 5) is 27.1. The van der Waals surface area contributed by atoms with Crippen LogP contribution in [0.5, 0.6) is 11.5 Å². The molecule has 1 saturated heterocycles. The molecule has 0 amide bonds. The highest BCUT2D eigenvalue weighted by molar-refractivity contribution is 5.49. The molecule has 0 unspecified atom stereocenters. The predicted octanol–water partition coefficient (Wildman–Crippen LogP) is 3.21. The molecular formula is C30H30N2O7. The number of aliphatic hydroxyl groups excluding tert-OH is 1. The summed E-state index contributed by atoms with van der Waals surface area (Å²) in [7, 11) is 3.22. The average Bonchev–Trinajstić information content (AvgIpc) is 3.34. The van der Waals surface area contributed by atoms with E-state index in [0.717, 1.165) is 21.3 Å². The van der Waals surface area contributed by atoms with E-state index in [4.69, 9.17) is 18.9 Å². The first-order chi connectivity index (χ1) is 19.0. The number of rotatable bonds is 9. The topological polar surface area (TPSA) is 112 Å². The first-order valence-corrected chi connectivity index (χ1v) is 12.6. The maximum absolute atomic E-state index is 12.3. The van der Waals surface area contributed by atoms with Gasteiger partial charge in [-0.2, -0.15) is 0 Å². The highest BCUT2D eigenvalue weighted by atomic mass is 16.6. The zero-order valence-corrected chi connectivity index (χ0v) is 21.7. The molecule has 0 saturated carbocycles. The Bertz CT molecular complexity index is 1420. The van der Waals surface area contributed by atoms with E-state index in [2.05, 4.69) is 4.98 Å². The lowest BCUT2D eigenvalue weighted by Gasteiger charge is -2.37. The quantitative estimate of drug-likeness (QED) is 0.320. The minimum absolute atomic E-state index is 0.0237. The number of benzene rings is 3. The Balaban J connectivity index is 1.55. The van der Waals surface area contributed by atoms with Crippen LogP contribution >= 0.6 is 0 Å². The molecule has 39 heavy (non-hydrogen) atoms. The largest absolute Gasteiger partial charge is 0.497 e. The third kappa shape index (κ3) is 5.12. The molecule has 0 spiro atoms. The van der Waals surface area contributed by atoms with Crippen LogP contribution in [0.25, 0.3) is 0 Å². The van der Waals surface area contributed by atoms with E-state index in [1.54, 1.807) is 14.2 Å². The van der Waals surface area contributed by atoms with Gasteiger partial charge in [0, 0.05) is 18.7 Å². The summed E-state index contributed by atoms with van der Waals surface area (Å²) in [6.45, 7) is -0.0237. The Morgan fingerprint density at radius 3 is 1.97 bits per heavy atom. The highest BCUT2D eigenvalue weighted by Crippen LogP contribution is 2.42. The Kier molecular flexibility index (Phi) is 7.65. The lowest BCUT2D eigenvalue weighted by molar-refractivity contribution is -0.0949. The number of hydrogen-bond donors (Lipinski definition) is 2. The molecule has 2 N–H and O–H groups in total. The summed E-state index contributed by atoms with van der Waals surface area (Å²) in [6.07, 6.45) is -1.31. The number of nitrogens with one attached hydrogen (secondary N) is 1. The molecule has 9 heteroatoms. The second kappa shape index (κ2) is 11.3. The fourth-order valence-corrected chi connectivity index (χ4v) is 5.01. The van der Waals surface area contributed by atoms with E-state index in [1.165, 1.54) is 12.3 Å². The molecular weight excluding hydrogens is 500 g/mol. The zero-order valence-electron chi connectivity index (χ0n) is 21.7. The lowest BCUT2D eigenvalue weighted by atomic mass is 9.80. The van der Waals surface area contributed by atoms with Gasteiger partial charge in [-0.1, -0.05) is 54.6 Å². The van der Waals surface area contributed by atoms with Crippen LogP contribution in [-0.2, 0) is 15.1 Å². The van der Waals surface area contributed by atoms with Crippen LogP contribution < -0.4 is 20.7 Å². The molecule has 4 aromatic rings. The van der Waals surface area contributed by atoms with Gasteiger partial charge in [-0.15, -0.1) is 0 Å². The zero-order chi connectivity index (χ0) is 27.4. The van der Waals surface area contributed by atoms with E-state index in [0.29, 0.717) is 11.5 Å². The second-order valence-electron chi connectivity index (χ2n) is 9.24. The van der Waals surface area contributed by atoms with Gasteiger partial charge in [0.25, 0.3) is 5.56 Å². The molecule has 202 valence electrons. The number of ether oxygens (including phenoxy) is 4. The molecule has 1 aromatic heterocycles. The van der Waals surface area contributed by atoms with Crippen LogP contribution in [0.4, 0.5) is 0 Å². The standard InChI is InChI=1S/C30H30N2O7/c1-36-23-12-8-21(9-13-23)30(20-6-4-3-5-7-20,22-10-14-24(37-2)15-11-22)38-19-26-25(33)18-28(39-26)32-27(34)16-17-31-29(32)35/h3-17,25-26,28,33H,18-19H2,1-2H3,(H,31,35)/t25-,26+,28-/m0/s1. The summed E-state index contributed by atoms with van der Waals surface area (Å²) >= 11 is 0. The SMILES string of the molecule is COc1ccc(C(OC[C@H]2O[C@H](n3c(=O)cc[nH]c3=O)C[C@@H]2O)(c2ccccc2)c2ccc(OC)cc2)cc1. The summed E-state index contributed by atoms with van der Waals surface area (Å²) in [5.74, 6) is 1.40. The minimum atomic E-state index is -1.10. The monoisotopic (exact) mass is 530 g/mol. The van der Waals surface area contributed by atoms with Crippen molar-refractivity contribution in [3.8, 4) is 11.5 Å². The fraction of sp³-hybridized carbons (Fsp3) is 0.267. The summed E-state index contributed by atoms with van der Waals surface area (Å²) in [5.41, 5.74) is 0.324. The average molecular weight is 531 g/mol. The Morgan fingerprint density at radius 1 is 0.872 bits per heavy atom. The molecule has 1 fully saturated rings. The molecule has 0 radical (unpaired) electrons. The number of methoxy groups -OCH3 is 2. The number of hydrogen-bond acceptors (Lipinski definition) is 7. The number of aromatic nitrogens is 2. The summed E-state index contributed by atoms with van der Waals surface area (Å²) in [5, 5.41) is 10.9. The number of aliphatic hydroxyl groups is 1. The smallest absolute Gasteiger partial charge is 0.330 e. The van der Waals surface area contributed by atoms with Crippen LogP contribution in [-0.4, -0.2) is 47.7 Å². The van der Waals surface area contributed by atoms with Gasteiger partial charge in [-0.25, -0.2) is 9.36 Å². The van der Waals surface area contributed by atoms with Gasteiger partial charge in [-0.3, -0.25) is 4.79 Å².